The molecule has 4 heteroatoms. The average Bonchev–Trinajstić information content (AvgIpc) is 2.36. The maximum atomic E-state index is 11.8. The van der Waals surface area contributed by atoms with Crippen LogP contribution >= 0.6 is 0 Å². The number of benzene rings is 1. The number of hydrogen-bond acceptors (Lipinski definition) is 4. The SMILES string of the molecule is CCNC(C(=O)OCC)c1cccc(OC)c1. The van der Waals surface area contributed by atoms with Crippen LogP contribution < -0.4 is 10.1 Å². The van der Waals surface area contributed by atoms with Crippen LogP contribution in [0.25, 0.3) is 0 Å². The van der Waals surface area contributed by atoms with E-state index in [4.69, 9.17) is 9.47 Å². The number of methoxy groups -OCH3 is 1. The van der Waals surface area contributed by atoms with Crippen LogP contribution in [0, 0.1) is 0 Å². The second kappa shape index (κ2) is 6.91. The van der Waals surface area contributed by atoms with Crippen molar-refractivity contribution in [3.8, 4) is 5.75 Å². The largest absolute Gasteiger partial charge is 0.497 e. The van der Waals surface area contributed by atoms with Crippen LogP contribution in [0.5, 0.6) is 5.75 Å². The van der Waals surface area contributed by atoms with Gasteiger partial charge in [-0.3, -0.25) is 0 Å². The maximum absolute atomic E-state index is 11.8. The minimum atomic E-state index is -0.435. The van der Waals surface area contributed by atoms with E-state index in [1.165, 1.54) is 0 Å². The zero-order valence-corrected chi connectivity index (χ0v) is 10.5. The van der Waals surface area contributed by atoms with E-state index in [-0.39, 0.29) is 5.97 Å². The summed E-state index contributed by atoms with van der Waals surface area (Å²) >= 11 is 0. The van der Waals surface area contributed by atoms with Crippen molar-refractivity contribution in [3.05, 3.63) is 29.8 Å². The summed E-state index contributed by atoms with van der Waals surface area (Å²) in [5.41, 5.74) is 0.852. The molecule has 0 radical (unpaired) electrons. The molecule has 17 heavy (non-hydrogen) atoms. The molecule has 0 aliphatic carbocycles. The molecule has 0 fully saturated rings. The fraction of sp³-hybridized carbons (Fsp3) is 0.462. The molecule has 0 saturated carbocycles. The van der Waals surface area contributed by atoms with Gasteiger partial charge in [-0.05, 0) is 31.2 Å². The summed E-state index contributed by atoms with van der Waals surface area (Å²) in [5.74, 6) is 0.470. The van der Waals surface area contributed by atoms with Crippen LogP contribution in [-0.4, -0.2) is 26.2 Å². The maximum Gasteiger partial charge on any atom is 0.327 e. The Morgan fingerprint density at radius 2 is 2.18 bits per heavy atom. The zero-order valence-electron chi connectivity index (χ0n) is 10.5. The van der Waals surface area contributed by atoms with Gasteiger partial charge in [0.1, 0.15) is 11.8 Å². The normalized spacial score (nSPS) is 11.9. The van der Waals surface area contributed by atoms with E-state index in [0.717, 1.165) is 11.3 Å². The summed E-state index contributed by atoms with van der Waals surface area (Å²) in [7, 11) is 1.60. The molecule has 94 valence electrons. The van der Waals surface area contributed by atoms with E-state index in [9.17, 15) is 4.79 Å². The van der Waals surface area contributed by atoms with E-state index >= 15 is 0 Å². The van der Waals surface area contributed by atoms with Crippen LogP contribution in [0.4, 0.5) is 0 Å². The fourth-order valence-corrected chi connectivity index (χ4v) is 1.59. The lowest BCUT2D eigenvalue weighted by molar-refractivity contribution is -0.145. The van der Waals surface area contributed by atoms with Crippen molar-refractivity contribution in [3.63, 3.8) is 0 Å². The highest BCUT2D eigenvalue weighted by molar-refractivity contribution is 5.77. The molecule has 0 heterocycles. The molecule has 1 aromatic carbocycles. The first-order chi connectivity index (χ1) is 8.22. The molecule has 1 unspecified atom stereocenters. The highest BCUT2D eigenvalue weighted by atomic mass is 16.5. The van der Waals surface area contributed by atoms with Gasteiger partial charge in [0.25, 0.3) is 0 Å². The third kappa shape index (κ3) is 3.75. The number of nitrogens with one attached hydrogen (secondary N) is 1. The van der Waals surface area contributed by atoms with Crippen molar-refractivity contribution >= 4 is 5.97 Å². The Kier molecular flexibility index (Phi) is 5.49. The molecule has 1 aromatic rings. The molecule has 0 bridgehead atoms. The molecule has 1 atom stereocenters. The van der Waals surface area contributed by atoms with E-state index in [1.54, 1.807) is 14.0 Å². The quantitative estimate of drug-likeness (QED) is 0.768. The summed E-state index contributed by atoms with van der Waals surface area (Å²) < 4.78 is 10.2. The average molecular weight is 237 g/mol. The fourth-order valence-electron chi connectivity index (χ4n) is 1.59. The number of ether oxygens (including phenoxy) is 2. The Morgan fingerprint density at radius 1 is 1.41 bits per heavy atom. The number of hydrogen-bond donors (Lipinski definition) is 1. The molecule has 1 N–H and O–H groups in total. The van der Waals surface area contributed by atoms with Crippen LogP contribution in [0.3, 0.4) is 0 Å². The lowest BCUT2D eigenvalue weighted by Crippen LogP contribution is -2.30. The second-order valence-corrected chi connectivity index (χ2v) is 3.52. The van der Waals surface area contributed by atoms with Crippen molar-refractivity contribution in [2.24, 2.45) is 0 Å². The van der Waals surface area contributed by atoms with Crippen LogP contribution in [-0.2, 0) is 9.53 Å². The van der Waals surface area contributed by atoms with E-state index in [0.29, 0.717) is 13.2 Å². The summed E-state index contributed by atoms with van der Waals surface area (Å²) in [6, 6.07) is 6.99. The first kappa shape index (κ1) is 13.5. The van der Waals surface area contributed by atoms with Gasteiger partial charge in [-0.15, -0.1) is 0 Å². The minimum absolute atomic E-state index is 0.261. The molecule has 0 saturated heterocycles. The van der Waals surface area contributed by atoms with Gasteiger partial charge in [-0.2, -0.15) is 0 Å². The Hall–Kier alpha value is -1.55. The van der Waals surface area contributed by atoms with Gasteiger partial charge in [-0.25, -0.2) is 4.79 Å². The Bertz CT molecular complexity index is 365. The summed E-state index contributed by atoms with van der Waals surface area (Å²) in [5, 5.41) is 3.10. The summed E-state index contributed by atoms with van der Waals surface area (Å²) in [6.07, 6.45) is 0. The van der Waals surface area contributed by atoms with Crippen LogP contribution in [0.1, 0.15) is 25.5 Å². The monoisotopic (exact) mass is 237 g/mol. The molecular formula is C13H19NO3. The van der Waals surface area contributed by atoms with Crippen LogP contribution in [0.15, 0.2) is 24.3 Å². The van der Waals surface area contributed by atoms with Gasteiger partial charge < -0.3 is 14.8 Å². The lowest BCUT2D eigenvalue weighted by atomic mass is 10.1. The van der Waals surface area contributed by atoms with E-state index < -0.39 is 6.04 Å². The standard InChI is InChI=1S/C13H19NO3/c1-4-14-12(13(15)17-5-2)10-7-6-8-11(9-10)16-3/h6-9,12,14H,4-5H2,1-3H3. The summed E-state index contributed by atoms with van der Waals surface area (Å²) in [4.78, 5) is 11.8. The van der Waals surface area contributed by atoms with Gasteiger partial charge in [0.05, 0.1) is 13.7 Å². The topological polar surface area (TPSA) is 47.6 Å². The van der Waals surface area contributed by atoms with Crippen molar-refractivity contribution < 1.29 is 14.3 Å². The first-order valence-electron chi connectivity index (χ1n) is 5.76. The van der Waals surface area contributed by atoms with Crippen molar-refractivity contribution in [1.82, 2.24) is 5.32 Å². The molecular weight excluding hydrogens is 218 g/mol. The number of carbonyl (C=O) groups excluding carboxylic acids is 1. The highest BCUT2D eigenvalue weighted by Crippen LogP contribution is 2.20. The van der Waals surface area contributed by atoms with Crippen molar-refractivity contribution in [1.29, 1.82) is 0 Å². The van der Waals surface area contributed by atoms with Crippen molar-refractivity contribution in [2.75, 3.05) is 20.3 Å². The Balaban J connectivity index is 2.91. The molecule has 1 rings (SSSR count). The van der Waals surface area contributed by atoms with Gasteiger partial charge in [0.15, 0.2) is 0 Å². The smallest absolute Gasteiger partial charge is 0.327 e. The third-order valence-corrected chi connectivity index (χ3v) is 2.36. The van der Waals surface area contributed by atoms with E-state index in [2.05, 4.69) is 5.32 Å². The number of likely N-dealkylation sites (N-methyl/N-ethyl adjacent to an activating group) is 1. The molecule has 4 nitrogen and oxygen atoms in total. The second-order valence-electron chi connectivity index (χ2n) is 3.52. The predicted octanol–water partition coefficient (Wildman–Crippen LogP) is 1.91. The summed E-state index contributed by atoms with van der Waals surface area (Å²) in [6.45, 7) is 4.82. The van der Waals surface area contributed by atoms with Crippen molar-refractivity contribution in [2.45, 2.75) is 19.9 Å². The lowest BCUT2D eigenvalue weighted by Gasteiger charge is -2.17. The molecule has 0 aliphatic rings. The highest BCUT2D eigenvalue weighted by Gasteiger charge is 2.20. The first-order valence-corrected chi connectivity index (χ1v) is 5.76. The predicted molar refractivity (Wildman–Crippen MR) is 66.0 cm³/mol. The van der Waals surface area contributed by atoms with Gasteiger partial charge in [0, 0.05) is 0 Å². The minimum Gasteiger partial charge on any atom is -0.497 e. The van der Waals surface area contributed by atoms with Gasteiger partial charge in [0.2, 0.25) is 0 Å². The molecule has 0 spiro atoms. The zero-order chi connectivity index (χ0) is 12.7. The van der Waals surface area contributed by atoms with Gasteiger partial charge >= 0.3 is 5.97 Å². The molecule has 0 aromatic heterocycles. The molecule has 0 aliphatic heterocycles. The number of carbonyl (C=O) groups is 1. The third-order valence-electron chi connectivity index (χ3n) is 2.36. The van der Waals surface area contributed by atoms with E-state index in [1.807, 2.05) is 31.2 Å². The Labute approximate surface area is 102 Å². The number of rotatable bonds is 6. The van der Waals surface area contributed by atoms with Crippen LogP contribution in [0.2, 0.25) is 0 Å². The Morgan fingerprint density at radius 3 is 2.76 bits per heavy atom. The number of esters is 1. The van der Waals surface area contributed by atoms with Gasteiger partial charge in [-0.1, -0.05) is 19.1 Å². The molecule has 0 amide bonds.